The third-order valence-corrected chi connectivity index (χ3v) is 12.6. The molecule has 6 heterocycles. The second kappa shape index (κ2) is 12.8. The Balaban J connectivity index is 1.14. The Morgan fingerprint density at radius 1 is 0.333 bits per heavy atom. The average Bonchev–Trinajstić information content (AvgIpc) is 3.32. The van der Waals surface area contributed by atoms with Gasteiger partial charge in [0.2, 0.25) is 0 Å². The van der Waals surface area contributed by atoms with E-state index in [4.69, 9.17) is 15.0 Å². The van der Waals surface area contributed by atoms with Crippen molar-refractivity contribution >= 4 is 115 Å². The van der Waals surface area contributed by atoms with E-state index in [-0.39, 0.29) is 13.4 Å². The average molecular weight is 765 g/mol. The minimum Gasteiger partial charge on any atom is -0.311 e. The van der Waals surface area contributed by atoms with Crippen LogP contribution in [0.4, 0.5) is 68.5 Å². The molecule has 0 radical (unpaired) electrons. The Kier molecular flexibility index (Phi) is 7.06. The summed E-state index contributed by atoms with van der Waals surface area (Å²) in [5.74, 6) is 1.78. The van der Waals surface area contributed by atoms with Crippen LogP contribution < -0.4 is 52.4 Å². The lowest BCUT2D eigenvalue weighted by molar-refractivity contribution is 1.11. The van der Waals surface area contributed by atoms with E-state index in [1.54, 1.807) is 6.33 Å². The molecular weight excluding hydrogens is 732 g/mol. The molecule has 9 aromatic rings. The number of anilines is 12. The van der Waals surface area contributed by atoms with Crippen LogP contribution in [0.5, 0.6) is 0 Å². The van der Waals surface area contributed by atoms with Crippen molar-refractivity contribution in [2.45, 2.75) is 0 Å². The van der Waals surface area contributed by atoms with Crippen molar-refractivity contribution in [3.8, 4) is 0 Å². The summed E-state index contributed by atoms with van der Waals surface area (Å²) in [6.07, 6.45) is 5.63. The van der Waals surface area contributed by atoms with Crippen LogP contribution in [-0.2, 0) is 0 Å². The first-order chi connectivity index (χ1) is 29.8. The Labute approximate surface area is 348 Å². The normalized spacial score (nSPS) is 13.8. The zero-order valence-electron chi connectivity index (χ0n) is 32.3. The van der Waals surface area contributed by atoms with Gasteiger partial charge in [-0.05, 0) is 112 Å². The minimum atomic E-state index is -0.179. The Bertz CT molecular complexity index is 2940. The summed E-state index contributed by atoms with van der Waals surface area (Å²) in [7, 11) is 0. The van der Waals surface area contributed by atoms with Gasteiger partial charge in [-0.15, -0.1) is 0 Å². The molecule has 4 aliphatic rings. The molecule has 0 fully saturated rings. The van der Waals surface area contributed by atoms with Crippen LogP contribution in [-0.4, -0.2) is 28.4 Å². The van der Waals surface area contributed by atoms with Crippen LogP contribution in [0.2, 0.25) is 0 Å². The molecule has 13 rings (SSSR count). The summed E-state index contributed by atoms with van der Waals surface area (Å²) in [5, 5.41) is 0. The molecule has 7 aromatic carbocycles. The first-order valence-corrected chi connectivity index (χ1v) is 20.4. The molecule has 0 N–H and O–H groups in total. The smallest absolute Gasteiger partial charge is 0.258 e. The number of rotatable bonds is 4. The summed E-state index contributed by atoms with van der Waals surface area (Å²) in [5.41, 5.74) is 18.4. The van der Waals surface area contributed by atoms with E-state index in [9.17, 15) is 0 Å². The topological polar surface area (TPSA) is 51.6 Å². The van der Waals surface area contributed by atoms with Crippen LogP contribution in [0.15, 0.2) is 201 Å². The maximum Gasteiger partial charge on any atom is 0.258 e. The molecule has 4 aliphatic heterocycles. The van der Waals surface area contributed by atoms with E-state index in [0.717, 1.165) is 62.4 Å². The predicted molar refractivity (Wildman–Crippen MR) is 248 cm³/mol. The molecule has 0 unspecified atom stereocenters. The van der Waals surface area contributed by atoms with Gasteiger partial charge in [-0.1, -0.05) is 103 Å². The van der Waals surface area contributed by atoms with Crippen molar-refractivity contribution < 1.29 is 0 Å². The van der Waals surface area contributed by atoms with Gasteiger partial charge in [0.25, 0.3) is 13.4 Å². The molecule has 0 spiro atoms. The number of hydrogen-bond acceptors (Lipinski definition) is 7. The second-order valence-corrected chi connectivity index (χ2v) is 15.7. The van der Waals surface area contributed by atoms with E-state index in [1.165, 1.54) is 38.9 Å². The van der Waals surface area contributed by atoms with Gasteiger partial charge in [0.1, 0.15) is 18.0 Å². The molecule has 0 bridgehead atoms. The van der Waals surface area contributed by atoms with Gasteiger partial charge in [0.15, 0.2) is 0 Å². The summed E-state index contributed by atoms with van der Waals surface area (Å²) >= 11 is 0. The van der Waals surface area contributed by atoms with Crippen molar-refractivity contribution in [1.82, 2.24) is 15.0 Å². The van der Waals surface area contributed by atoms with Crippen molar-refractivity contribution in [1.29, 1.82) is 0 Å². The maximum absolute atomic E-state index is 5.25. The van der Waals surface area contributed by atoms with Gasteiger partial charge in [-0.25, -0.2) is 15.0 Å². The maximum atomic E-state index is 5.25. The number of benzene rings is 7. The van der Waals surface area contributed by atoms with E-state index >= 15 is 0 Å². The summed E-state index contributed by atoms with van der Waals surface area (Å²) in [4.78, 5) is 24.5. The molecule has 0 atom stereocenters. The van der Waals surface area contributed by atoms with Crippen molar-refractivity contribution in [2.24, 2.45) is 0 Å². The Hall–Kier alpha value is -7.90. The second-order valence-electron chi connectivity index (χ2n) is 15.7. The molecule has 0 saturated carbocycles. The zero-order valence-corrected chi connectivity index (χ0v) is 32.3. The molecule has 9 heteroatoms. The van der Waals surface area contributed by atoms with Crippen molar-refractivity contribution in [2.75, 3.05) is 19.6 Å². The van der Waals surface area contributed by atoms with Gasteiger partial charge < -0.3 is 9.80 Å². The zero-order chi connectivity index (χ0) is 39.3. The number of nitrogens with zero attached hydrogens (tertiary/aromatic N) is 7. The molecule has 7 nitrogen and oxygen atoms in total. The fraction of sp³-hybridized carbons (Fsp3) is 0. The van der Waals surface area contributed by atoms with Crippen LogP contribution >= 0.6 is 0 Å². The first kappa shape index (κ1) is 33.1. The fourth-order valence-electron chi connectivity index (χ4n) is 10.3. The van der Waals surface area contributed by atoms with Crippen LogP contribution in [0.1, 0.15) is 0 Å². The lowest BCUT2D eigenvalue weighted by Crippen LogP contribution is -2.65. The first-order valence-electron chi connectivity index (χ1n) is 20.4. The number of aromatic nitrogens is 3. The molecule has 278 valence electrons. The van der Waals surface area contributed by atoms with Gasteiger partial charge in [0.05, 0.1) is 0 Å². The van der Waals surface area contributed by atoms with E-state index in [2.05, 4.69) is 202 Å². The highest BCUT2D eigenvalue weighted by molar-refractivity contribution is 7.03. The highest BCUT2D eigenvalue weighted by Crippen LogP contribution is 2.47. The minimum absolute atomic E-state index is 0.0385. The van der Waals surface area contributed by atoms with Crippen LogP contribution in [0, 0.1) is 0 Å². The molecule has 0 aliphatic carbocycles. The number of fused-ring (bicyclic) bond motifs is 8. The number of hydrogen-bond donors (Lipinski definition) is 0. The van der Waals surface area contributed by atoms with Gasteiger partial charge in [-0.3, -0.25) is 9.80 Å². The van der Waals surface area contributed by atoms with Crippen LogP contribution in [0.25, 0.3) is 0 Å². The monoisotopic (exact) mass is 765 g/mol. The van der Waals surface area contributed by atoms with E-state index in [1.807, 2.05) is 12.4 Å². The van der Waals surface area contributed by atoms with Gasteiger partial charge in [0, 0.05) is 69.3 Å². The fourth-order valence-corrected chi connectivity index (χ4v) is 10.3. The largest absolute Gasteiger partial charge is 0.311 e. The van der Waals surface area contributed by atoms with E-state index < -0.39 is 0 Å². The van der Waals surface area contributed by atoms with Gasteiger partial charge >= 0.3 is 0 Å². The Morgan fingerprint density at radius 3 is 1.45 bits per heavy atom. The summed E-state index contributed by atoms with van der Waals surface area (Å²) in [6.45, 7) is -0.218. The number of para-hydroxylation sites is 5. The molecule has 0 amide bonds. The third-order valence-electron chi connectivity index (χ3n) is 12.6. The molecule has 0 saturated heterocycles. The van der Waals surface area contributed by atoms with Crippen LogP contribution in [0.3, 0.4) is 0 Å². The lowest BCUT2D eigenvalue weighted by atomic mass is 9.30. The van der Waals surface area contributed by atoms with Gasteiger partial charge in [-0.2, -0.15) is 0 Å². The molecule has 2 aromatic heterocycles. The predicted octanol–water partition coefficient (Wildman–Crippen LogP) is 8.04. The number of pyridine rings is 1. The van der Waals surface area contributed by atoms with Crippen molar-refractivity contribution in [3.63, 3.8) is 0 Å². The highest BCUT2D eigenvalue weighted by atomic mass is 15.3. The van der Waals surface area contributed by atoms with E-state index in [0.29, 0.717) is 0 Å². The summed E-state index contributed by atoms with van der Waals surface area (Å²) < 4.78 is 0. The molecular formula is C51H33B2N7. The molecule has 60 heavy (non-hydrogen) atoms. The lowest BCUT2D eigenvalue weighted by Gasteiger charge is -2.46. The third kappa shape index (κ3) is 4.60. The Morgan fingerprint density at radius 2 is 0.817 bits per heavy atom. The van der Waals surface area contributed by atoms with Crippen molar-refractivity contribution in [3.05, 3.63) is 201 Å². The highest BCUT2D eigenvalue weighted by Gasteiger charge is 2.48. The standard InChI is InChI=1S/C51H33B2N7/c1-5-16-34(17-6-1)57-42-25-14-13-24-38(42)52-39-30-40-47(31-46(39)58(35-18-7-2-8-19-35)44-27-15-26-43(57)48(44)52)60(37-22-11-4-12-23-37)51-49-45(28-29-55-51)59(36-20-9-3-10-21-36)50-41(53(40)49)32-54-33-56-50/h1-33H. The quantitative estimate of drug-likeness (QED) is 0.168. The SMILES string of the molecule is c1ccc(N2c3ccccc3B3c4cc5c(cc4N(c4ccccc4)c4cccc2c43)N(c2ccccc2)c2nccc3c2B5c2cncnc2N3c2ccccc2)cc1. The summed E-state index contributed by atoms with van der Waals surface area (Å²) in [6, 6.07) is 65.6.